The first-order chi connectivity index (χ1) is 11.8. The molecule has 0 saturated heterocycles. The van der Waals surface area contributed by atoms with E-state index in [1.54, 1.807) is 56.3 Å². The van der Waals surface area contributed by atoms with Gasteiger partial charge in [0.05, 0.1) is 17.1 Å². The van der Waals surface area contributed by atoms with Crippen molar-refractivity contribution in [2.75, 3.05) is 6.61 Å². The molecule has 2 aromatic rings. The van der Waals surface area contributed by atoms with Gasteiger partial charge in [0.25, 0.3) is 0 Å². The van der Waals surface area contributed by atoms with Crippen molar-refractivity contribution >= 4 is 27.6 Å². The number of aryl methyl sites for hydroxylation is 1. The predicted molar refractivity (Wildman–Crippen MR) is 97.2 cm³/mol. The Labute approximate surface area is 153 Å². The lowest BCUT2D eigenvalue weighted by atomic mass is 10.1. The van der Waals surface area contributed by atoms with Crippen LogP contribution < -0.4 is 4.72 Å². The molecule has 0 saturated carbocycles. The van der Waals surface area contributed by atoms with Crippen LogP contribution in [0.25, 0.3) is 0 Å². The van der Waals surface area contributed by atoms with Gasteiger partial charge >= 0.3 is 5.97 Å². The average Bonchev–Trinajstić information content (AvgIpc) is 2.55. The fourth-order valence-electron chi connectivity index (χ4n) is 2.33. The molecule has 0 aliphatic carbocycles. The van der Waals surface area contributed by atoms with Crippen LogP contribution >= 0.6 is 11.6 Å². The standard InChI is InChI=1S/C18H20ClNO4S/c1-3-24-18(21)15-10-8-14(9-11-15)12-17(19)20-25(22,23)16-7-5-4-6-13(16)2/h4-11,17,20H,3,12H2,1-2H3. The second-order valence-corrected chi connectivity index (χ2v) is 7.69. The fourth-order valence-corrected chi connectivity index (χ4v) is 4.16. The summed E-state index contributed by atoms with van der Waals surface area (Å²) in [5.74, 6) is -0.392. The summed E-state index contributed by atoms with van der Waals surface area (Å²) >= 11 is 6.17. The number of esters is 1. The maximum Gasteiger partial charge on any atom is 0.338 e. The molecule has 0 aliphatic rings. The summed E-state index contributed by atoms with van der Waals surface area (Å²) in [5.41, 5.74) is 1.09. The van der Waals surface area contributed by atoms with Crippen LogP contribution in [0.2, 0.25) is 0 Å². The summed E-state index contributed by atoms with van der Waals surface area (Å²) in [5, 5.41) is 0. The molecule has 5 nitrogen and oxygen atoms in total. The topological polar surface area (TPSA) is 72.5 Å². The van der Waals surface area contributed by atoms with E-state index in [2.05, 4.69) is 4.72 Å². The zero-order chi connectivity index (χ0) is 18.4. The Morgan fingerprint density at radius 2 is 1.80 bits per heavy atom. The van der Waals surface area contributed by atoms with Gasteiger partial charge in [-0.3, -0.25) is 0 Å². The van der Waals surface area contributed by atoms with E-state index in [-0.39, 0.29) is 11.3 Å². The number of alkyl halides is 1. The van der Waals surface area contributed by atoms with Crippen molar-refractivity contribution in [3.8, 4) is 0 Å². The van der Waals surface area contributed by atoms with Crippen molar-refractivity contribution in [1.29, 1.82) is 0 Å². The van der Waals surface area contributed by atoms with Gasteiger partial charge in [0.2, 0.25) is 10.0 Å². The molecular weight excluding hydrogens is 362 g/mol. The van der Waals surface area contributed by atoms with E-state index in [0.29, 0.717) is 17.7 Å². The van der Waals surface area contributed by atoms with Crippen LogP contribution in [-0.2, 0) is 21.2 Å². The lowest BCUT2D eigenvalue weighted by molar-refractivity contribution is 0.0526. The Hall–Kier alpha value is -1.89. The van der Waals surface area contributed by atoms with E-state index < -0.39 is 21.5 Å². The van der Waals surface area contributed by atoms with Gasteiger partial charge in [0, 0.05) is 6.42 Å². The summed E-state index contributed by atoms with van der Waals surface area (Å²) < 4.78 is 32.2. The highest BCUT2D eigenvalue weighted by Gasteiger charge is 2.20. The molecule has 0 aromatic heterocycles. The largest absolute Gasteiger partial charge is 0.462 e. The number of carbonyl (C=O) groups is 1. The minimum atomic E-state index is -3.70. The van der Waals surface area contributed by atoms with Crippen LogP contribution in [0.1, 0.15) is 28.4 Å². The maximum atomic E-state index is 12.4. The smallest absolute Gasteiger partial charge is 0.338 e. The first-order valence-electron chi connectivity index (χ1n) is 7.81. The van der Waals surface area contributed by atoms with Gasteiger partial charge in [-0.15, -0.1) is 11.6 Å². The molecule has 0 fully saturated rings. The van der Waals surface area contributed by atoms with Crippen LogP contribution in [0, 0.1) is 6.92 Å². The monoisotopic (exact) mass is 381 g/mol. The number of halogens is 1. The SMILES string of the molecule is CCOC(=O)c1ccc(CC(Cl)NS(=O)(=O)c2ccccc2C)cc1. The molecule has 134 valence electrons. The molecule has 0 aliphatic heterocycles. The Morgan fingerprint density at radius 3 is 2.40 bits per heavy atom. The zero-order valence-corrected chi connectivity index (χ0v) is 15.6. The Morgan fingerprint density at radius 1 is 1.16 bits per heavy atom. The number of sulfonamides is 1. The summed E-state index contributed by atoms with van der Waals surface area (Å²) in [6.07, 6.45) is 0.287. The lowest BCUT2D eigenvalue weighted by Crippen LogP contribution is -2.32. The molecule has 25 heavy (non-hydrogen) atoms. The van der Waals surface area contributed by atoms with Crippen molar-refractivity contribution in [1.82, 2.24) is 4.72 Å². The van der Waals surface area contributed by atoms with Crippen LogP contribution in [0.3, 0.4) is 0 Å². The molecule has 7 heteroatoms. The van der Waals surface area contributed by atoms with Crippen molar-refractivity contribution < 1.29 is 17.9 Å². The maximum absolute atomic E-state index is 12.4. The van der Waals surface area contributed by atoms with Gasteiger partial charge in [-0.25, -0.2) is 13.2 Å². The quantitative estimate of drug-likeness (QED) is 0.454. The van der Waals surface area contributed by atoms with Crippen LogP contribution in [-0.4, -0.2) is 26.5 Å². The number of ether oxygens (including phenoxy) is 1. The fraction of sp³-hybridized carbons (Fsp3) is 0.278. The molecule has 0 spiro atoms. The van der Waals surface area contributed by atoms with Gasteiger partial charge in [-0.05, 0) is 43.2 Å². The van der Waals surface area contributed by atoms with Crippen molar-refractivity contribution in [3.63, 3.8) is 0 Å². The van der Waals surface area contributed by atoms with Gasteiger partial charge in [-0.1, -0.05) is 30.3 Å². The number of carbonyl (C=O) groups excluding carboxylic acids is 1. The van der Waals surface area contributed by atoms with Gasteiger partial charge in [0.15, 0.2) is 0 Å². The summed E-state index contributed by atoms with van der Waals surface area (Å²) in [4.78, 5) is 11.8. The first kappa shape index (κ1) is 19.4. The number of hydrogen-bond donors (Lipinski definition) is 1. The average molecular weight is 382 g/mol. The van der Waals surface area contributed by atoms with Crippen LogP contribution in [0.4, 0.5) is 0 Å². The van der Waals surface area contributed by atoms with E-state index >= 15 is 0 Å². The number of nitrogens with one attached hydrogen (secondary N) is 1. The molecule has 0 bridgehead atoms. The number of rotatable bonds is 7. The van der Waals surface area contributed by atoms with Gasteiger partial charge < -0.3 is 4.74 Å². The molecule has 1 atom stereocenters. The third-order valence-corrected chi connectivity index (χ3v) is 5.57. The summed E-state index contributed by atoms with van der Waals surface area (Å²) in [7, 11) is -3.70. The molecule has 0 amide bonds. The number of benzene rings is 2. The molecule has 1 N–H and O–H groups in total. The van der Waals surface area contributed by atoms with Crippen molar-refractivity contribution in [2.45, 2.75) is 30.7 Å². The summed E-state index contributed by atoms with van der Waals surface area (Å²) in [6, 6.07) is 13.4. The minimum absolute atomic E-state index is 0.207. The molecule has 1 unspecified atom stereocenters. The van der Waals surface area contributed by atoms with E-state index in [9.17, 15) is 13.2 Å². The van der Waals surface area contributed by atoms with Crippen molar-refractivity contribution in [3.05, 3.63) is 65.2 Å². The van der Waals surface area contributed by atoms with Gasteiger partial charge in [-0.2, -0.15) is 4.72 Å². The van der Waals surface area contributed by atoms with Crippen molar-refractivity contribution in [2.24, 2.45) is 0 Å². The highest BCUT2D eigenvalue weighted by Crippen LogP contribution is 2.16. The highest BCUT2D eigenvalue weighted by molar-refractivity contribution is 7.89. The molecule has 2 aromatic carbocycles. The van der Waals surface area contributed by atoms with E-state index in [1.165, 1.54) is 6.07 Å². The van der Waals surface area contributed by atoms with E-state index in [4.69, 9.17) is 16.3 Å². The third kappa shape index (κ3) is 5.29. The Kier molecular flexibility index (Phi) is 6.58. The Bertz CT molecular complexity index is 834. The number of hydrogen-bond acceptors (Lipinski definition) is 4. The molecule has 2 rings (SSSR count). The normalized spacial score (nSPS) is 12.6. The lowest BCUT2D eigenvalue weighted by Gasteiger charge is -2.14. The predicted octanol–water partition coefficient (Wildman–Crippen LogP) is 3.26. The van der Waals surface area contributed by atoms with Crippen LogP contribution in [0.5, 0.6) is 0 Å². The molecule has 0 heterocycles. The molecular formula is C18H20ClNO4S. The summed E-state index contributed by atoms with van der Waals surface area (Å²) in [6.45, 7) is 3.78. The Balaban J connectivity index is 2.04. The first-order valence-corrected chi connectivity index (χ1v) is 9.73. The third-order valence-electron chi connectivity index (χ3n) is 3.55. The van der Waals surface area contributed by atoms with E-state index in [1.807, 2.05) is 0 Å². The minimum Gasteiger partial charge on any atom is -0.462 e. The second kappa shape index (κ2) is 8.47. The zero-order valence-electron chi connectivity index (χ0n) is 14.0. The van der Waals surface area contributed by atoms with Crippen LogP contribution in [0.15, 0.2) is 53.4 Å². The second-order valence-electron chi connectivity index (χ2n) is 5.48. The van der Waals surface area contributed by atoms with E-state index in [0.717, 1.165) is 5.56 Å². The molecule has 0 radical (unpaired) electrons. The van der Waals surface area contributed by atoms with Gasteiger partial charge in [0.1, 0.15) is 5.50 Å². The highest BCUT2D eigenvalue weighted by atomic mass is 35.5.